The van der Waals surface area contributed by atoms with Crippen LogP contribution in [-0.4, -0.2) is 16.2 Å². The Hall–Kier alpha value is -2.17. The molecule has 5 heteroatoms. The van der Waals surface area contributed by atoms with Crippen molar-refractivity contribution in [3.8, 4) is 5.75 Å². The maximum absolute atomic E-state index is 5.77. The first-order valence-electron chi connectivity index (χ1n) is 5.49. The normalized spacial score (nSPS) is 10.4. The molecule has 2 aromatic rings. The minimum Gasteiger partial charge on any atom is -0.491 e. The van der Waals surface area contributed by atoms with Crippen LogP contribution in [0.15, 0.2) is 36.9 Å². The number of nitrogens with two attached hydrogens (primary N) is 2. The molecule has 0 aliphatic carbocycles. The zero-order chi connectivity index (χ0) is 12.1. The lowest BCUT2D eigenvalue weighted by molar-refractivity contribution is 0.303. The number of rotatable bonds is 5. The highest BCUT2D eigenvalue weighted by Crippen LogP contribution is 2.23. The van der Waals surface area contributed by atoms with Gasteiger partial charge in [0.15, 0.2) is 0 Å². The number of ether oxygens (including phenoxy) is 1. The van der Waals surface area contributed by atoms with Gasteiger partial charge >= 0.3 is 0 Å². The largest absolute Gasteiger partial charge is 0.491 e. The van der Waals surface area contributed by atoms with E-state index in [1.54, 1.807) is 30.7 Å². The Kier molecular flexibility index (Phi) is 3.49. The Labute approximate surface area is 100 Å². The van der Waals surface area contributed by atoms with Crippen LogP contribution in [0, 0.1) is 0 Å². The van der Waals surface area contributed by atoms with Gasteiger partial charge < -0.3 is 20.8 Å². The Balaban J connectivity index is 1.80. The standard InChI is InChI=1S/C12H16N4O/c13-10-2-3-11(14)12(8-10)17-7-1-5-16-6-4-15-9-16/h2-4,6,8-9H,1,5,7,13-14H2. The van der Waals surface area contributed by atoms with Crippen LogP contribution in [0.25, 0.3) is 0 Å². The van der Waals surface area contributed by atoms with Gasteiger partial charge in [-0.05, 0) is 18.6 Å². The molecule has 0 unspecified atom stereocenters. The van der Waals surface area contributed by atoms with E-state index in [1.165, 1.54) is 0 Å². The van der Waals surface area contributed by atoms with Crippen molar-refractivity contribution in [2.24, 2.45) is 0 Å². The lowest BCUT2D eigenvalue weighted by atomic mass is 10.2. The number of anilines is 2. The molecule has 1 heterocycles. The van der Waals surface area contributed by atoms with Crippen molar-refractivity contribution in [2.45, 2.75) is 13.0 Å². The van der Waals surface area contributed by atoms with Crippen LogP contribution < -0.4 is 16.2 Å². The molecule has 0 radical (unpaired) electrons. The predicted molar refractivity (Wildman–Crippen MR) is 67.6 cm³/mol. The first-order valence-corrected chi connectivity index (χ1v) is 5.49. The molecule has 0 fully saturated rings. The third-order valence-corrected chi connectivity index (χ3v) is 2.42. The molecular formula is C12H16N4O. The molecule has 0 saturated heterocycles. The summed E-state index contributed by atoms with van der Waals surface area (Å²) in [7, 11) is 0. The highest BCUT2D eigenvalue weighted by molar-refractivity contribution is 5.59. The van der Waals surface area contributed by atoms with Gasteiger partial charge in [0, 0.05) is 30.7 Å². The van der Waals surface area contributed by atoms with E-state index >= 15 is 0 Å². The van der Waals surface area contributed by atoms with Crippen LogP contribution in [-0.2, 0) is 6.54 Å². The molecular weight excluding hydrogens is 216 g/mol. The number of hydrogen-bond donors (Lipinski definition) is 2. The summed E-state index contributed by atoms with van der Waals surface area (Å²) in [5.41, 5.74) is 12.7. The number of nitrogen functional groups attached to an aromatic ring is 2. The zero-order valence-corrected chi connectivity index (χ0v) is 9.54. The van der Waals surface area contributed by atoms with Crippen molar-refractivity contribution in [1.29, 1.82) is 0 Å². The molecule has 90 valence electrons. The van der Waals surface area contributed by atoms with Gasteiger partial charge in [-0.2, -0.15) is 0 Å². The van der Waals surface area contributed by atoms with Gasteiger partial charge in [-0.1, -0.05) is 0 Å². The Morgan fingerprint density at radius 3 is 2.94 bits per heavy atom. The van der Waals surface area contributed by atoms with Crippen molar-refractivity contribution in [3.05, 3.63) is 36.9 Å². The lowest BCUT2D eigenvalue weighted by Gasteiger charge is -2.09. The summed E-state index contributed by atoms with van der Waals surface area (Å²) in [5, 5.41) is 0. The fourth-order valence-corrected chi connectivity index (χ4v) is 1.52. The van der Waals surface area contributed by atoms with E-state index < -0.39 is 0 Å². The van der Waals surface area contributed by atoms with E-state index in [1.807, 2.05) is 10.8 Å². The molecule has 1 aromatic carbocycles. The predicted octanol–water partition coefficient (Wildman–Crippen LogP) is 1.52. The second-order valence-electron chi connectivity index (χ2n) is 3.80. The molecule has 0 atom stereocenters. The smallest absolute Gasteiger partial charge is 0.144 e. The molecule has 2 rings (SSSR count). The summed E-state index contributed by atoms with van der Waals surface area (Å²) in [5.74, 6) is 0.649. The van der Waals surface area contributed by atoms with Crippen molar-refractivity contribution >= 4 is 11.4 Å². The minimum atomic E-state index is 0.603. The zero-order valence-electron chi connectivity index (χ0n) is 9.54. The highest BCUT2D eigenvalue weighted by Gasteiger charge is 2.00. The van der Waals surface area contributed by atoms with Crippen LogP contribution in [0.2, 0.25) is 0 Å². The Bertz CT molecular complexity index is 467. The van der Waals surface area contributed by atoms with Crippen LogP contribution in [0.4, 0.5) is 11.4 Å². The van der Waals surface area contributed by atoms with Crippen molar-refractivity contribution < 1.29 is 4.74 Å². The van der Waals surface area contributed by atoms with E-state index in [2.05, 4.69) is 4.98 Å². The minimum absolute atomic E-state index is 0.603. The third kappa shape index (κ3) is 3.14. The number of benzene rings is 1. The van der Waals surface area contributed by atoms with E-state index in [4.69, 9.17) is 16.2 Å². The molecule has 17 heavy (non-hydrogen) atoms. The Morgan fingerprint density at radius 2 is 2.18 bits per heavy atom. The number of aromatic nitrogens is 2. The molecule has 5 nitrogen and oxygen atoms in total. The summed E-state index contributed by atoms with van der Waals surface area (Å²) in [6, 6.07) is 5.25. The number of aryl methyl sites for hydroxylation is 1. The quantitative estimate of drug-likeness (QED) is 0.605. The first-order chi connectivity index (χ1) is 8.25. The molecule has 0 bridgehead atoms. The second-order valence-corrected chi connectivity index (χ2v) is 3.80. The van der Waals surface area contributed by atoms with Gasteiger partial charge in [0.2, 0.25) is 0 Å². The maximum atomic E-state index is 5.77. The molecule has 0 amide bonds. The van der Waals surface area contributed by atoms with E-state index in [0.29, 0.717) is 23.7 Å². The maximum Gasteiger partial charge on any atom is 0.144 e. The van der Waals surface area contributed by atoms with Crippen molar-refractivity contribution in [2.75, 3.05) is 18.1 Å². The molecule has 0 saturated carbocycles. The van der Waals surface area contributed by atoms with Gasteiger partial charge in [0.1, 0.15) is 5.75 Å². The molecule has 1 aromatic heterocycles. The fourth-order valence-electron chi connectivity index (χ4n) is 1.52. The van der Waals surface area contributed by atoms with Crippen LogP contribution >= 0.6 is 0 Å². The Morgan fingerprint density at radius 1 is 1.29 bits per heavy atom. The second kappa shape index (κ2) is 5.25. The average molecular weight is 232 g/mol. The molecule has 0 aliphatic rings. The lowest BCUT2D eigenvalue weighted by Crippen LogP contribution is -2.04. The van der Waals surface area contributed by atoms with Crippen LogP contribution in [0.5, 0.6) is 5.75 Å². The first kappa shape index (κ1) is 11.3. The number of nitrogens with zero attached hydrogens (tertiary/aromatic N) is 2. The van der Waals surface area contributed by atoms with E-state index in [-0.39, 0.29) is 0 Å². The molecule has 4 N–H and O–H groups in total. The summed E-state index contributed by atoms with van der Waals surface area (Å²) in [6.45, 7) is 1.48. The number of hydrogen-bond acceptors (Lipinski definition) is 4. The van der Waals surface area contributed by atoms with Crippen molar-refractivity contribution in [1.82, 2.24) is 9.55 Å². The SMILES string of the molecule is Nc1ccc(N)c(OCCCn2ccnc2)c1. The average Bonchev–Trinajstić information content (AvgIpc) is 2.82. The molecule has 0 aliphatic heterocycles. The summed E-state index contributed by atoms with van der Waals surface area (Å²) < 4.78 is 7.58. The monoisotopic (exact) mass is 232 g/mol. The van der Waals surface area contributed by atoms with E-state index in [9.17, 15) is 0 Å². The van der Waals surface area contributed by atoms with Gasteiger partial charge in [0.25, 0.3) is 0 Å². The van der Waals surface area contributed by atoms with E-state index in [0.717, 1.165) is 13.0 Å². The van der Waals surface area contributed by atoms with Crippen molar-refractivity contribution in [3.63, 3.8) is 0 Å². The van der Waals surface area contributed by atoms with Gasteiger partial charge in [-0.25, -0.2) is 4.98 Å². The van der Waals surface area contributed by atoms with Crippen LogP contribution in [0.3, 0.4) is 0 Å². The summed E-state index contributed by atoms with van der Waals surface area (Å²) in [6.07, 6.45) is 6.37. The van der Waals surface area contributed by atoms with Gasteiger partial charge in [-0.15, -0.1) is 0 Å². The topological polar surface area (TPSA) is 79.1 Å². The van der Waals surface area contributed by atoms with Gasteiger partial charge in [-0.3, -0.25) is 0 Å². The fraction of sp³-hybridized carbons (Fsp3) is 0.250. The highest BCUT2D eigenvalue weighted by atomic mass is 16.5. The van der Waals surface area contributed by atoms with Crippen LogP contribution in [0.1, 0.15) is 6.42 Å². The number of imidazole rings is 1. The molecule has 0 spiro atoms. The summed E-state index contributed by atoms with van der Waals surface area (Å²) in [4.78, 5) is 3.97. The third-order valence-electron chi connectivity index (χ3n) is 2.42. The summed E-state index contributed by atoms with van der Waals surface area (Å²) >= 11 is 0. The van der Waals surface area contributed by atoms with Gasteiger partial charge in [0.05, 0.1) is 18.6 Å².